The number of rotatable bonds is 8. The molecule has 2 rings (SSSR count). The van der Waals surface area contributed by atoms with Gasteiger partial charge >= 0.3 is 0 Å². The topological polar surface area (TPSA) is 71.0 Å². The molecule has 1 unspecified atom stereocenters. The third kappa shape index (κ3) is 3.87. The zero-order valence-electron chi connectivity index (χ0n) is 12.8. The summed E-state index contributed by atoms with van der Waals surface area (Å²) < 4.78 is 10.7. The van der Waals surface area contributed by atoms with Crippen molar-refractivity contribution in [3.05, 3.63) is 23.8 Å². The van der Waals surface area contributed by atoms with Crippen LogP contribution in [0.4, 0.5) is 0 Å². The van der Waals surface area contributed by atoms with E-state index in [0.717, 1.165) is 24.3 Å². The van der Waals surface area contributed by atoms with Crippen molar-refractivity contribution in [2.45, 2.75) is 44.7 Å². The molecule has 1 aromatic rings. The third-order valence-electron chi connectivity index (χ3n) is 4.14. The highest BCUT2D eigenvalue weighted by atomic mass is 16.7. The highest BCUT2D eigenvalue weighted by Crippen LogP contribution is 2.32. The fraction of sp³-hybridized carbons (Fsp3) is 0.625. The van der Waals surface area contributed by atoms with Crippen molar-refractivity contribution in [3.63, 3.8) is 0 Å². The first kappa shape index (κ1) is 16.1. The van der Waals surface area contributed by atoms with Gasteiger partial charge in [0.15, 0.2) is 11.5 Å². The van der Waals surface area contributed by atoms with E-state index in [-0.39, 0.29) is 19.3 Å². The van der Waals surface area contributed by atoms with Crippen molar-refractivity contribution in [2.24, 2.45) is 0 Å². The number of hydrogen-bond donors (Lipinski definition) is 3. The molecule has 1 atom stereocenters. The second kappa shape index (κ2) is 7.11. The van der Waals surface area contributed by atoms with Crippen molar-refractivity contribution >= 4 is 0 Å². The number of aryl methyl sites for hydroxylation is 1. The molecule has 5 heteroatoms. The molecule has 0 radical (unpaired) electrons. The largest absolute Gasteiger partial charge is 0.454 e. The minimum absolute atomic E-state index is 0.0611. The molecular formula is C16H25NO4. The first-order chi connectivity index (χ1) is 10.1. The Morgan fingerprint density at radius 1 is 1.24 bits per heavy atom. The summed E-state index contributed by atoms with van der Waals surface area (Å²) in [5.41, 5.74) is 0.608. The van der Waals surface area contributed by atoms with Gasteiger partial charge in [-0.1, -0.05) is 13.0 Å². The highest BCUT2D eigenvalue weighted by molar-refractivity contribution is 5.44. The Hall–Kier alpha value is -1.30. The summed E-state index contributed by atoms with van der Waals surface area (Å²) in [6, 6.07) is 6.20. The Morgan fingerprint density at radius 2 is 1.95 bits per heavy atom. The monoisotopic (exact) mass is 295 g/mol. The van der Waals surface area contributed by atoms with Crippen molar-refractivity contribution in [3.8, 4) is 11.5 Å². The van der Waals surface area contributed by atoms with E-state index in [0.29, 0.717) is 13.2 Å². The second-order valence-electron chi connectivity index (χ2n) is 5.72. The number of fused-ring (bicyclic) bond motifs is 1. The SMILES string of the molecule is CCC(CO)(CO)NC(C)CCc1ccc2c(c1)OCO2. The number of aliphatic hydroxyl groups excluding tert-OH is 2. The lowest BCUT2D eigenvalue weighted by Gasteiger charge is -2.33. The lowest BCUT2D eigenvalue weighted by molar-refractivity contribution is 0.0784. The van der Waals surface area contributed by atoms with Crippen LogP contribution in [-0.4, -0.2) is 41.8 Å². The van der Waals surface area contributed by atoms with Gasteiger partial charge in [0.1, 0.15) is 0 Å². The molecule has 0 bridgehead atoms. The summed E-state index contributed by atoms with van der Waals surface area (Å²) in [6.07, 6.45) is 2.51. The predicted molar refractivity (Wildman–Crippen MR) is 80.7 cm³/mol. The summed E-state index contributed by atoms with van der Waals surface area (Å²) in [7, 11) is 0. The Kier molecular flexibility index (Phi) is 5.45. The van der Waals surface area contributed by atoms with Crippen LogP contribution in [0.1, 0.15) is 32.3 Å². The van der Waals surface area contributed by atoms with Gasteiger partial charge in [0.25, 0.3) is 0 Å². The molecule has 3 N–H and O–H groups in total. The lowest BCUT2D eigenvalue weighted by atomic mass is 9.95. The molecule has 0 aliphatic carbocycles. The van der Waals surface area contributed by atoms with E-state index in [1.807, 2.05) is 25.1 Å². The molecule has 0 aromatic heterocycles. The van der Waals surface area contributed by atoms with Gasteiger partial charge in [0.05, 0.1) is 18.8 Å². The van der Waals surface area contributed by atoms with Crippen LogP contribution in [0.5, 0.6) is 11.5 Å². The standard InChI is InChI=1S/C16H25NO4/c1-3-16(9-18,10-19)17-12(2)4-5-13-6-7-14-15(8-13)21-11-20-14/h6-8,12,17-19H,3-5,9-11H2,1-2H3. The maximum Gasteiger partial charge on any atom is 0.231 e. The summed E-state index contributed by atoms with van der Waals surface area (Å²) in [5, 5.41) is 22.3. The average molecular weight is 295 g/mol. The van der Waals surface area contributed by atoms with Gasteiger partial charge in [0.2, 0.25) is 6.79 Å². The van der Waals surface area contributed by atoms with Crippen LogP contribution in [0.3, 0.4) is 0 Å². The average Bonchev–Trinajstić information content (AvgIpc) is 2.98. The first-order valence-corrected chi connectivity index (χ1v) is 7.50. The molecule has 118 valence electrons. The molecule has 0 saturated carbocycles. The molecule has 0 saturated heterocycles. The van der Waals surface area contributed by atoms with Crippen LogP contribution in [0.25, 0.3) is 0 Å². The lowest BCUT2D eigenvalue weighted by Crippen LogP contribution is -2.54. The van der Waals surface area contributed by atoms with Crippen LogP contribution in [-0.2, 0) is 6.42 Å². The van der Waals surface area contributed by atoms with E-state index in [1.54, 1.807) is 0 Å². The van der Waals surface area contributed by atoms with Crippen molar-refractivity contribution < 1.29 is 19.7 Å². The summed E-state index contributed by atoms with van der Waals surface area (Å²) >= 11 is 0. The minimum atomic E-state index is -0.589. The summed E-state index contributed by atoms with van der Waals surface area (Å²) in [4.78, 5) is 0. The molecule has 1 aliphatic heterocycles. The fourth-order valence-electron chi connectivity index (χ4n) is 2.54. The Bertz CT molecular complexity index is 451. The highest BCUT2D eigenvalue weighted by Gasteiger charge is 2.27. The molecule has 1 aliphatic rings. The zero-order chi connectivity index (χ0) is 15.3. The number of nitrogens with one attached hydrogen (secondary N) is 1. The second-order valence-corrected chi connectivity index (χ2v) is 5.72. The van der Waals surface area contributed by atoms with Crippen molar-refractivity contribution in [1.82, 2.24) is 5.32 Å². The Labute approximate surface area is 125 Å². The molecule has 0 amide bonds. The first-order valence-electron chi connectivity index (χ1n) is 7.50. The van der Waals surface area contributed by atoms with E-state index in [2.05, 4.69) is 12.2 Å². The number of benzene rings is 1. The fourth-order valence-corrected chi connectivity index (χ4v) is 2.54. The molecular weight excluding hydrogens is 270 g/mol. The van der Waals surface area contributed by atoms with Crippen LogP contribution in [0.2, 0.25) is 0 Å². The van der Waals surface area contributed by atoms with Gasteiger partial charge in [0, 0.05) is 6.04 Å². The summed E-state index contributed by atoms with van der Waals surface area (Å²) in [5.74, 6) is 1.61. The van der Waals surface area contributed by atoms with Gasteiger partial charge in [-0.2, -0.15) is 0 Å². The van der Waals surface area contributed by atoms with E-state index in [9.17, 15) is 10.2 Å². The number of hydrogen-bond acceptors (Lipinski definition) is 5. The van der Waals surface area contributed by atoms with Crippen LogP contribution < -0.4 is 14.8 Å². The molecule has 0 spiro atoms. The van der Waals surface area contributed by atoms with Gasteiger partial charge < -0.3 is 25.0 Å². The van der Waals surface area contributed by atoms with Crippen molar-refractivity contribution in [1.29, 1.82) is 0 Å². The molecule has 5 nitrogen and oxygen atoms in total. The third-order valence-corrected chi connectivity index (χ3v) is 4.14. The number of aliphatic hydroxyl groups is 2. The summed E-state index contributed by atoms with van der Waals surface area (Å²) in [6.45, 7) is 4.21. The van der Waals surface area contributed by atoms with Gasteiger partial charge in [-0.05, 0) is 43.9 Å². The smallest absolute Gasteiger partial charge is 0.231 e. The predicted octanol–water partition coefficient (Wildman–Crippen LogP) is 1.46. The van der Waals surface area contributed by atoms with Gasteiger partial charge in [-0.3, -0.25) is 0 Å². The normalized spacial score (nSPS) is 15.2. The molecule has 0 fully saturated rings. The molecule has 1 heterocycles. The van der Waals surface area contributed by atoms with Crippen LogP contribution >= 0.6 is 0 Å². The maximum atomic E-state index is 9.46. The maximum absolute atomic E-state index is 9.46. The van der Waals surface area contributed by atoms with Gasteiger partial charge in [-0.25, -0.2) is 0 Å². The molecule has 21 heavy (non-hydrogen) atoms. The Morgan fingerprint density at radius 3 is 2.62 bits per heavy atom. The zero-order valence-corrected chi connectivity index (χ0v) is 12.8. The minimum Gasteiger partial charge on any atom is -0.454 e. The van der Waals surface area contributed by atoms with E-state index >= 15 is 0 Å². The van der Waals surface area contributed by atoms with Gasteiger partial charge in [-0.15, -0.1) is 0 Å². The van der Waals surface area contributed by atoms with E-state index in [1.165, 1.54) is 5.56 Å². The van der Waals surface area contributed by atoms with E-state index in [4.69, 9.17) is 9.47 Å². The van der Waals surface area contributed by atoms with E-state index < -0.39 is 5.54 Å². The molecule has 1 aromatic carbocycles. The number of ether oxygens (including phenoxy) is 2. The quantitative estimate of drug-likeness (QED) is 0.677. The van der Waals surface area contributed by atoms with Crippen LogP contribution in [0.15, 0.2) is 18.2 Å². The van der Waals surface area contributed by atoms with Crippen molar-refractivity contribution in [2.75, 3.05) is 20.0 Å². The van der Waals surface area contributed by atoms with Crippen LogP contribution in [0, 0.1) is 0 Å². The Balaban J connectivity index is 1.87.